The molecule has 2 atom stereocenters. The Morgan fingerprint density at radius 2 is 2.11 bits per heavy atom. The van der Waals surface area contributed by atoms with Crippen LogP contribution in [0.3, 0.4) is 0 Å². The third-order valence-corrected chi connectivity index (χ3v) is 2.58. The third kappa shape index (κ3) is 3.19. The lowest BCUT2D eigenvalue weighted by molar-refractivity contribution is 0.0201. The predicted molar refractivity (Wildman–Crippen MR) is 64.8 cm³/mol. The van der Waals surface area contributed by atoms with Crippen molar-refractivity contribution in [2.45, 2.75) is 12.2 Å². The van der Waals surface area contributed by atoms with Crippen LogP contribution in [0.2, 0.25) is 0 Å². The molecule has 18 heavy (non-hydrogen) atoms. The number of methoxy groups -OCH3 is 1. The van der Waals surface area contributed by atoms with Crippen LogP contribution in [0.4, 0.5) is 0 Å². The fourth-order valence-corrected chi connectivity index (χ4v) is 1.61. The van der Waals surface area contributed by atoms with Gasteiger partial charge in [0.2, 0.25) is 0 Å². The van der Waals surface area contributed by atoms with Crippen LogP contribution < -0.4 is 10.1 Å². The first-order valence-electron chi connectivity index (χ1n) is 5.43. The van der Waals surface area contributed by atoms with Crippen molar-refractivity contribution in [3.8, 4) is 5.75 Å². The van der Waals surface area contributed by atoms with Crippen LogP contribution in [0.5, 0.6) is 5.75 Å². The molecule has 0 aliphatic carbocycles. The molecule has 0 spiro atoms. The van der Waals surface area contributed by atoms with Crippen LogP contribution in [0.25, 0.3) is 0 Å². The van der Waals surface area contributed by atoms with Gasteiger partial charge in [0, 0.05) is 6.54 Å². The van der Waals surface area contributed by atoms with E-state index in [-0.39, 0.29) is 17.9 Å². The maximum atomic E-state index is 10.9. The lowest BCUT2D eigenvalue weighted by Crippen LogP contribution is -2.29. The summed E-state index contributed by atoms with van der Waals surface area (Å²) in [5.41, 5.74) is 0.413. The van der Waals surface area contributed by atoms with Crippen molar-refractivity contribution in [3.63, 3.8) is 0 Å². The van der Waals surface area contributed by atoms with Gasteiger partial charge < -0.3 is 25.4 Å². The Balaban J connectivity index is 3.01. The highest BCUT2D eigenvalue weighted by molar-refractivity contribution is 5.91. The Hall–Kier alpha value is -1.63. The van der Waals surface area contributed by atoms with E-state index < -0.39 is 18.2 Å². The Bertz CT molecular complexity index is 421. The second-order valence-corrected chi connectivity index (χ2v) is 3.83. The molecular weight excluding hydrogens is 238 g/mol. The molecule has 0 amide bonds. The van der Waals surface area contributed by atoms with Crippen molar-refractivity contribution >= 4 is 5.97 Å². The van der Waals surface area contributed by atoms with Crippen molar-refractivity contribution in [2.75, 3.05) is 20.7 Å². The van der Waals surface area contributed by atoms with Gasteiger partial charge in [-0.25, -0.2) is 4.79 Å². The van der Waals surface area contributed by atoms with E-state index >= 15 is 0 Å². The zero-order chi connectivity index (χ0) is 13.7. The number of hydrogen-bond donors (Lipinski definition) is 4. The summed E-state index contributed by atoms with van der Waals surface area (Å²) in [5.74, 6) is -0.959. The number of rotatable bonds is 6. The summed E-state index contributed by atoms with van der Waals surface area (Å²) in [4.78, 5) is 10.9. The molecule has 0 aliphatic heterocycles. The number of likely N-dealkylation sites (N-methyl/N-ethyl adjacent to an activating group) is 1. The van der Waals surface area contributed by atoms with Crippen molar-refractivity contribution in [2.24, 2.45) is 0 Å². The van der Waals surface area contributed by atoms with Gasteiger partial charge in [-0.1, -0.05) is 6.07 Å². The zero-order valence-corrected chi connectivity index (χ0v) is 10.3. The van der Waals surface area contributed by atoms with E-state index in [9.17, 15) is 15.0 Å². The number of aliphatic hydroxyl groups is 2. The number of benzene rings is 1. The van der Waals surface area contributed by atoms with Gasteiger partial charge >= 0.3 is 5.97 Å². The lowest BCUT2D eigenvalue weighted by atomic mass is 10.0. The molecule has 4 N–H and O–H groups in total. The molecule has 0 heterocycles. The smallest absolute Gasteiger partial charge is 0.339 e. The standard InChI is InChI=1S/C12H17NO5/c1-13-6-9(14)11(15)7-3-4-8(12(16)17)10(5-7)18-2/h3-5,9,11,13-15H,6H2,1-2H3,(H,16,17). The Kier molecular flexibility index (Phi) is 5.08. The molecule has 0 aliphatic rings. The van der Waals surface area contributed by atoms with Crippen LogP contribution in [0, 0.1) is 0 Å². The van der Waals surface area contributed by atoms with Gasteiger partial charge in [0.25, 0.3) is 0 Å². The summed E-state index contributed by atoms with van der Waals surface area (Å²) in [6, 6.07) is 4.20. The molecule has 0 saturated carbocycles. The average molecular weight is 255 g/mol. The van der Waals surface area contributed by atoms with Gasteiger partial charge in [0.15, 0.2) is 0 Å². The fraction of sp³-hybridized carbons (Fsp3) is 0.417. The quantitative estimate of drug-likeness (QED) is 0.571. The molecule has 0 radical (unpaired) electrons. The van der Waals surface area contributed by atoms with Crippen LogP contribution >= 0.6 is 0 Å². The number of aromatic carboxylic acids is 1. The number of carboxylic acid groups (broad SMARTS) is 1. The van der Waals surface area contributed by atoms with Gasteiger partial charge in [-0.2, -0.15) is 0 Å². The zero-order valence-electron chi connectivity index (χ0n) is 10.3. The number of carbonyl (C=O) groups is 1. The minimum atomic E-state index is -1.11. The Labute approximate surface area is 105 Å². The average Bonchev–Trinajstić information content (AvgIpc) is 2.37. The van der Waals surface area contributed by atoms with Crippen LogP contribution in [-0.4, -0.2) is 48.1 Å². The summed E-state index contributed by atoms with van der Waals surface area (Å²) in [6.45, 7) is 0.226. The topological polar surface area (TPSA) is 99.0 Å². The number of hydrogen-bond acceptors (Lipinski definition) is 5. The molecule has 6 heteroatoms. The molecule has 0 bridgehead atoms. The van der Waals surface area contributed by atoms with Gasteiger partial charge in [0.1, 0.15) is 17.4 Å². The largest absolute Gasteiger partial charge is 0.496 e. The number of ether oxygens (including phenoxy) is 1. The lowest BCUT2D eigenvalue weighted by Gasteiger charge is -2.18. The second-order valence-electron chi connectivity index (χ2n) is 3.83. The van der Waals surface area contributed by atoms with Crippen LogP contribution in [0.15, 0.2) is 18.2 Å². The Morgan fingerprint density at radius 1 is 1.44 bits per heavy atom. The first kappa shape index (κ1) is 14.4. The van der Waals surface area contributed by atoms with Crippen LogP contribution in [-0.2, 0) is 0 Å². The molecule has 6 nitrogen and oxygen atoms in total. The number of aliphatic hydroxyl groups excluding tert-OH is 2. The van der Waals surface area contributed by atoms with E-state index in [2.05, 4.69) is 5.32 Å². The van der Waals surface area contributed by atoms with Gasteiger partial charge in [-0.05, 0) is 24.7 Å². The molecule has 1 aromatic rings. The number of carboxylic acids is 1. The minimum absolute atomic E-state index is 0.0107. The van der Waals surface area contributed by atoms with E-state index in [0.29, 0.717) is 5.56 Å². The molecule has 2 unspecified atom stereocenters. The maximum Gasteiger partial charge on any atom is 0.339 e. The SMILES string of the molecule is CNCC(O)C(O)c1ccc(C(=O)O)c(OC)c1. The highest BCUT2D eigenvalue weighted by atomic mass is 16.5. The normalized spacial score (nSPS) is 14.0. The van der Waals surface area contributed by atoms with E-state index in [0.717, 1.165) is 0 Å². The van der Waals surface area contributed by atoms with Crippen molar-refractivity contribution < 1.29 is 24.9 Å². The minimum Gasteiger partial charge on any atom is -0.496 e. The molecule has 1 rings (SSSR count). The monoisotopic (exact) mass is 255 g/mol. The van der Waals surface area contributed by atoms with Crippen LogP contribution in [0.1, 0.15) is 22.0 Å². The van der Waals surface area contributed by atoms with E-state index in [1.54, 1.807) is 7.05 Å². The molecule has 0 saturated heterocycles. The maximum absolute atomic E-state index is 10.9. The van der Waals surface area contributed by atoms with E-state index in [1.165, 1.54) is 25.3 Å². The van der Waals surface area contributed by atoms with E-state index in [1.807, 2.05) is 0 Å². The highest BCUT2D eigenvalue weighted by Gasteiger charge is 2.20. The predicted octanol–water partition coefficient (Wildman–Crippen LogP) is 0.00710. The summed E-state index contributed by atoms with van der Waals surface area (Å²) in [6.07, 6.45) is -2.08. The van der Waals surface area contributed by atoms with E-state index in [4.69, 9.17) is 9.84 Å². The highest BCUT2D eigenvalue weighted by Crippen LogP contribution is 2.25. The first-order chi connectivity index (χ1) is 8.51. The number of nitrogens with one attached hydrogen (secondary N) is 1. The van der Waals surface area contributed by atoms with Gasteiger partial charge in [-0.15, -0.1) is 0 Å². The Morgan fingerprint density at radius 3 is 2.61 bits per heavy atom. The summed E-state index contributed by atoms with van der Waals surface area (Å²) >= 11 is 0. The van der Waals surface area contributed by atoms with Crippen molar-refractivity contribution in [1.82, 2.24) is 5.32 Å². The van der Waals surface area contributed by atoms with Crippen molar-refractivity contribution in [3.05, 3.63) is 29.3 Å². The molecule has 100 valence electrons. The molecule has 0 aromatic heterocycles. The second kappa shape index (κ2) is 6.34. The fourth-order valence-electron chi connectivity index (χ4n) is 1.61. The summed E-state index contributed by atoms with van der Waals surface area (Å²) in [5, 5.41) is 31.2. The molecule has 1 aromatic carbocycles. The first-order valence-corrected chi connectivity index (χ1v) is 5.43. The van der Waals surface area contributed by atoms with Crippen molar-refractivity contribution in [1.29, 1.82) is 0 Å². The van der Waals surface area contributed by atoms with Gasteiger partial charge in [-0.3, -0.25) is 0 Å². The molecule has 0 fully saturated rings. The third-order valence-electron chi connectivity index (χ3n) is 2.58. The molecular formula is C12H17NO5. The summed E-state index contributed by atoms with van der Waals surface area (Å²) in [7, 11) is 3.01. The summed E-state index contributed by atoms with van der Waals surface area (Å²) < 4.78 is 4.95. The van der Waals surface area contributed by atoms with Gasteiger partial charge in [0.05, 0.1) is 13.2 Å².